The lowest BCUT2D eigenvalue weighted by Gasteiger charge is -2.18. The number of rotatable bonds is 50. The summed E-state index contributed by atoms with van der Waals surface area (Å²) in [5.74, 6) is -1.02. The molecule has 0 aromatic heterocycles. The van der Waals surface area contributed by atoms with Gasteiger partial charge in [0, 0.05) is 19.3 Å². The van der Waals surface area contributed by atoms with Gasteiger partial charge in [0.15, 0.2) is 6.10 Å². The van der Waals surface area contributed by atoms with Crippen LogP contribution in [-0.4, -0.2) is 37.2 Å². The Kier molecular flexibility index (Phi) is 53.4. The minimum absolute atomic E-state index is 0.112. The van der Waals surface area contributed by atoms with Crippen LogP contribution in [0, 0.1) is 0 Å². The summed E-state index contributed by atoms with van der Waals surface area (Å²) in [6.45, 7) is 6.32. The van der Waals surface area contributed by atoms with Gasteiger partial charge in [0.05, 0.1) is 0 Å². The second kappa shape index (κ2) is 56.7. The van der Waals surface area contributed by atoms with Crippen molar-refractivity contribution in [3.8, 4) is 0 Å². The maximum Gasteiger partial charge on any atom is 0.306 e. The van der Waals surface area contributed by atoms with E-state index in [-0.39, 0.29) is 37.5 Å². The first kappa shape index (κ1) is 65.1. The highest BCUT2D eigenvalue weighted by atomic mass is 16.6. The third-order valence-corrected chi connectivity index (χ3v) is 11.8. The molecule has 0 saturated carbocycles. The molecule has 0 aliphatic heterocycles. The Morgan fingerprint density at radius 3 is 1.10 bits per heavy atom. The summed E-state index contributed by atoms with van der Waals surface area (Å²) in [6.07, 6.45) is 76.7. The Balaban J connectivity index is 4.48. The molecule has 69 heavy (non-hydrogen) atoms. The molecule has 6 nitrogen and oxygen atoms in total. The van der Waals surface area contributed by atoms with Crippen LogP contribution in [0.4, 0.5) is 0 Å². The summed E-state index contributed by atoms with van der Waals surface area (Å²) >= 11 is 0. The van der Waals surface area contributed by atoms with Crippen molar-refractivity contribution < 1.29 is 28.6 Å². The highest BCUT2D eigenvalue weighted by molar-refractivity contribution is 5.71. The van der Waals surface area contributed by atoms with Crippen LogP contribution in [0.25, 0.3) is 0 Å². The minimum atomic E-state index is -0.817. The first-order valence-corrected chi connectivity index (χ1v) is 28.4. The maximum atomic E-state index is 12.9. The standard InChI is InChI=1S/C63H104O6/c1-4-7-10-13-16-19-22-25-27-29-31-33-35-38-41-44-47-50-53-56-62(65)68-59-60(58-67-61(64)55-52-49-46-43-40-37-24-21-18-15-12-9-6-3)69-63(66)57-54-51-48-45-42-39-36-34-32-30-28-26-23-20-17-14-11-8-5-2/h7,9-10,12,15-16,18-19,21,24-25,27,31,33,38,41,47,50,60H,4-6,8,11,13-14,17,20,22-23,26,28-30,32,34-37,39-40,42-46,48-49,51-59H2,1-3H3/b10-7+,12-9+,18-15+,19-16+,24-21+,27-25+,33-31+,41-38+,50-47+. The van der Waals surface area contributed by atoms with E-state index in [1.54, 1.807) is 0 Å². The zero-order chi connectivity index (χ0) is 50.0. The van der Waals surface area contributed by atoms with E-state index in [0.717, 1.165) is 103 Å². The first-order chi connectivity index (χ1) is 34.0. The predicted molar refractivity (Wildman–Crippen MR) is 297 cm³/mol. The summed E-state index contributed by atoms with van der Waals surface area (Å²) in [4.78, 5) is 38.1. The van der Waals surface area contributed by atoms with Crippen molar-refractivity contribution >= 4 is 17.9 Å². The number of esters is 3. The van der Waals surface area contributed by atoms with E-state index in [1.165, 1.54) is 103 Å². The topological polar surface area (TPSA) is 78.9 Å². The Bertz CT molecular complexity index is 1420. The molecule has 0 bridgehead atoms. The number of unbranched alkanes of at least 4 members (excludes halogenated alkanes) is 23. The lowest BCUT2D eigenvalue weighted by Crippen LogP contribution is -2.30. The van der Waals surface area contributed by atoms with Gasteiger partial charge < -0.3 is 14.2 Å². The molecule has 392 valence electrons. The van der Waals surface area contributed by atoms with Crippen LogP contribution in [0.15, 0.2) is 109 Å². The van der Waals surface area contributed by atoms with Gasteiger partial charge in [0.1, 0.15) is 13.2 Å². The second-order valence-corrected chi connectivity index (χ2v) is 18.5. The Morgan fingerprint density at radius 2 is 0.667 bits per heavy atom. The molecule has 0 aromatic carbocycles. The lowest BCUT2D eigenvalue weighted by molar-refractivity contribution is -0.166. The molecule has 0 rings (SSSR count). The number of hydrogen-bond acceptors (Lipinski definition) is 6. The smallest absolute Gasteiger partial charge is 0.306 e. The average molecular weight is 958 g/mol. The molecule has 0 N–H and O–H groups in total. The third kappa shape index (κ3) is 54.9. The van der Waals surface area contributed by atoms with Crippen molar-refractivity contribution in [2.24, 2.45) is 0 Å². The van der Waals surface area contributed by atoms with Gasteiger partial charge in [-0.15, -0.1) is 0 Å². The van der Waals surface area contributed by atoms with Gasteiger partial charge in [-0.2, -0.15) is 0 Å². The van der Waals surface area contributed by atoms with Crippen LogP contribution in [-0.2, 0) is 28.6 Å². The third-order valence-electron chi connectivity index (χ3n) is 11.8. The van der Waals surface area contributed by atoms with Crippen molar-refractivity contribution in [2.45, 2.75) is 258 Å². The molecule has 1 unspecified atom stereocenters. The molecule has 0 saturated heterocycles. The largest absolute Gasteiger partial charge is 0.462 e. The normalized spacial score (nSPS) is 12.9. The fraction of sp³-hybridized carbons (Fsp3) is 0.667. The number of carbonyl (C=O) groups excluding carboxylic acids is 3. The van der Waals surface area contributed by atoms with E-state index < -0.39 is 6.10 Å². The SMILES string of the molecule is CC/C=C/C=C/C=C/CCCCCCCC(=O)OCC(COC(=O)CC/C=C/C/C=C/C/C=C/C/C=C/C/C=C/C/C=C/CC)OC(=O)CCCCCCCCCCCCCCCCCCCCC. The minimum Gasteiger partial charge on any atom is -0.462 e. The van der Waals surface area contributed by atoms with Gasteiger partial charge >= 0.3 is 17.9 Å². The zero-order valence-corrected chi connectivity index (χ0v) is 44.8. The van der Waals surface area contributed by atoms with Crippen LogP contribution in [0.3, 0.4) is 0 Å². The fourth-order valence-electron chi connectivity index (χ4n) is 7.65. The fourth-order valence-corrected chi connectivity index (χ4v) is 7.65. The van der Waals surface area contributed by atoms with Crippen LogP contribution in [0.2, 0.25) is 0 Å². The first-order valence-electron chi connectivity index (χ1n) is 28.4. The van der Waals surface area contributed by atoms with Crippen LogP contribution in [0.1, 0.15) is 252 Å². The van der Waals surface area contributed by atoms with Gasteiger partial charge in [0.2, 0.25) is 0 Å². The number of allylic oxidation sites excluding steroid dienone is 18. The monoisotopic (exact) mass is 957 g/mol. The van der Waals surface area contributed by atoms with Crippen molar-refractivity contribution in [1.29, 1.82) is 0 Å². The van der Waals surface area contributed by atoms with Gasteiger partial charge in [-0.25, -0.2) is 0 Å². The van der Waals surface area contributed by atoms with E-state index in [2.05, 4.69) is 124 Å². The molecule has 0 heterocycles. The van der Waals surface area contributed by atoms with Crippen molar-refractivity contribution in [2.75, 3.05) is 13.2 Å². The number of carbonyl (C=O) groups is 3. The van der Waals surface area contributed by atoms with Gasteiger partial charge in [-0.1, -0.05) is 265 Å². The Labute approximate surface area is 425 Å². The lowest BCUT2D eigenvalue weighted by atomic mass is 10.0. The molecular weight excluding hydrogens is 853 g/mol. The van der Waals surface area contributed by atoms with Crippen molar-refractivity contribution in [3.05, 3.63) is 109 Å². The highest BCUT2D eigenvalue weighted by Gasteiger charge is 2.19. The van der Waals surface area contributed by atoms with Crippen LogP contribution in [0.5, 0.6) is 0 Å². The summed E-state index contributed by atoms with van der Waals surface area (Å²) in [6, 6.07) is 0. The summed E-state index contributed by atoms with van der Waals surface area (Å²) in [5, 5.41) is 0. The average Bonchev–Trinajstić information content (AvgIpc) is 3.35. The van der Waals surface area contributed by atoms with E-state index in [1.807, 2.05) is 6.08 Å². The van der Waals surface area contributed by atoms with Gasteiger partial charge in [-0.05, 0) is 77.0 Å². The highest BCUT2D eigenvalue weighted by Crippen LogP contribution is 2.16. The van der Waals surface area contributed by atoms with E-state index in [0.29, 0.717) is 19.3 Å². The summed E-state index contributed by atoms with van der Waals surface area (Å²) in [5.41, 5.74) is 0. The molecule has 0 aromatic rings. The molecule has 6 heteroatoms. The summed E-state index contributed by atoms with van der Waals surface area (Å²) in [7, 11) is 0. The number of hydrogen-bond donors (Lipinski definition) is 0. The van der Waals surface area contributed by atoms with Gasteiger partial charge in [-0.3, -0.25) is 14.4 Å². The maximum absolute atomic E-state index is 12.9. The summed E-state index contributed by atoms with van der Waals surface area (Å²) < 4.78 is 16.8. The Morgan fingerprint density at radius 1 is 0.319 bits per heavy atom. The van der Waals surface area contributed by atoms with E-state index in [4.69, 9.17) is 14.2 Å². The molecule has 1 atom stereocenters. The molecule has 0 radical (unpaired) electrons. The quantitative estimate of drug-likeness (QED) is 0.0199. The molecule has 0 amide bonds. The second-order valence-electron chi connectivity index (χ2n) is 18.5. The molecule has 0 spiro atoms. The Hall–Kier alpha value is -3.93. The predicted octanol–water partition coefficient (Wildman–Crippen LogP) is 19.1. The molecule has 0 aliphatic carbocycles. The van der Waals surface area contributed by atoms with Crippen molar-refractivity contribution in [3.63, 3.8) is 0 Å². The van der Waals surface area contributed by atoms with Gasteiger partial charge in [0.25, 0.3) is 0 Å². The molecular formula is C63H104O6. The van der Waals surface area contributed by atoms with Crippen molar-refractivity contribution in [1.82, 2.24) is 0 Å². The van der Waals surface area contributed by atoms with Crippen LogP contribution >= 0.6 is 0 Å². The zero-order valence-electron chi connectivity index (χ0n) is 44.8. The van der Waals surface area contributed by atoms with E-state index >= 15 is 0 Å². The number of ether oxygens (including phenoxy) is 3. The molecule has 0 aliphatic rings. The van der Waals surface area contributed by atoms with E-state index in [9.17, 15) is 14.4 Å². The molecule has 0 fully saturated rings. The van der Waals surface area contributed by atoms with Crippen LogP contribution < -0.4 is 0 Å².